The van der Waals surface area contributed by atoms with Crippen molar-refractivity contribution in [2.45, 2.75) is 220 Å². The number of rotatable bonds is 28. The molecule has 0 saturated carbocycles. The summed E-state index contributed by atoms with van der Waals surface area (Å²) < 4.78 is 13.5. The van der Waals surface area contributed by atoms with Gasteiger partial charge in [0.25, 0.3) is 8.32 Å². The topological polar surface area (TPSA) is 248 Å². The normalized spacial score (nSPS) is 20.2. The maximum atomic E-state index is 15.7. The van der Waals surface area contributed by atoms with E-state index in [2.05, 4.69) is 76.9 Å². The van der Waals surface area contributed by atoms with E-state index in [4.69, 9.17) is 9.16 Å². The Morgan fingerprint density at radius 2 is 1.07 bits per heavy atom. The van der Waals surface area contributed by atoms with Crippen LogP contribution in [0.1, 0.15) is 184 Å². The van der Waals surface area contributed by atoms with Crippen molar-refractivity contribution in [3.8, 4) is 5.75 Å². The van der Waals surface area contributed by atoms with Crippen molar-refractivity contribution >= 4 is 71.6 Å². The quantitative estimate of drug-likeness (QED) is 0.0153. The van der Waals surface area contributed by atoms with Gasteiger partial charge >= 0.3 is 0 Å². The van der Waals surface area contributed by atoms with Crippen molar-refractivity contribution in [1.82, 2.24) is 36.8 Å². The summed E-state index contributed by atoms with van der Waals surface area (Å²) in [5.74, 6) is -8.72. The van der Waals surface area contributed by atoms with E-state index in [1.54, 1.807) is 32.9 Å². The summed E-state index contributed by atoms with van der Waals surface area (Å²) >= 11 is 0. The van der Waals surface area contributed by atoms with Gasteiger partial charge in [-0.05, 0) is 120 Å². The number of benzene rings is 6. The summed E-state index contributed by atoms with van der Waals surface area (Å²) in [6.07, 6.45) is 0.111. The van der Waals surface area contributed by atoms with Crippen LogP contribution < -0.4 is 47.0 Å². The highest BCUT2D eigenvalue weighted by molar-refractivity contribution is 6.99. The summed E-state index contributed by atoms with van der Waals surface area (Å²) in [7, 11) is -1.59. The molecule has 0 radical (unpaired) electrons. The van der Waals surface area contributed by atoms with Crippen LogP contribution in [-0.2, 0) is 59.5 Å². The van der Waals surface area contributed by atoms with Crippen molar-refractivity contribution in [1.29, 1.82) is 0 Å². The zero-order chi connectivity index (χ0) is 77.7. The highest BCUT2D eigenvalue weighted by atomic mass is 28.4. The third-order valence-electron chi connectivity index (χ3n) is 20.7. The SMILES string of the molecule is CC[C@H](C)[C@@H]1NC(=O)[C@H](Cc2ccc(OC(C)(C)C)cc2)N(C)C(=O)[C@H]([C@@H](C)CC)NC(=O)[C@H](CCCO[Si](c2ccccc2)(c2ccccc2)C(C)(C)C)NC(=O)[C@H](CC(C)C)NC(=O)[C@@H](NC(=O)[C@H](CCC(=O)NC(c2ccccc2)(c2ccccc2)c2ccccc2)CC(=O)C(C)C)[C@@H](C)CC1=O. The first kappa shape index (κ1) is 84.2. The lowest BCUT2D eigenvalue weighted by molar-refractivity contribution is -0.144. The zero-order valence-corrected chi connectivity index (χ0v) is 66.4. The monoisotopic (exact) mass is 1460 g/mol. The van der Waals surface area contributed by atoms with E-state index < -0.39 is 132 Å². The molecule has 0 aliphatic carbocycles. The zero-order valence-electron chi connectivity index (χ0n) is 65.4. The highest BCUT2D eigenvalue weighted by Crippen LogP contribution is 2.39. The number of hydrogen-bond donors (Lipinski definition) is 6. The van der Waals surface area contributed by atoms with E-state index in [0.29, 0.717) is 24.2 Å². The molecule has 18 nitrogen and oxygen atoms in total. The fourth-order valence-electron chi connectivity index (χ4n) is 14.3. The Hall–Kier alpha value is -9.07. The molecule has 0 bridgehead atoms. The van der Waals surface area contributed by atoms with Gasteiger partial charge in [0.15, 0.2) is 5.78 Å². The molecule has 6 N–H and O–H groups in total. The molecule has 1 heterocycles. The molecule has 1 aliphatic heterocycles. The Labute approximate surface area is 631 Å². The summed E-state index contributed by atoms with van der Waals surface area (Å²) in [5, 5.41) is 20.1. The van der Waals surface area contributed by atoms with Gasteiger partial charge < -0.3 is 46.0 Å². The Balaban J connectivity index is 1.31. The number of ether oxygens (including phenoxy) is 1. The minimum atomic E-state index is -3.11. The Morgan fingerprint density at radius 1 is 0.594 bits per heavy atom. The van der Waals surface area contributed by atoms with Gasteiger partial charge in [-0.2, -0.15) is 0 Å². The van der Waals surface area contributed by atoms with Gasteiger partial charge in [-0.25, -0.2) is 0 Å². The maximum absolute atomic E-state index is 15.7. The minimum Gasteiger partial charge on any atom is -0.488 e. The number of nitrogens with one attached hydrogen (secondary N) is 6. The molecule has 106 heavy (non-hydrogen) atoms. The van der Waals surface area contributed by atoms with Gasteiger partial charge in [0.05, 0.1) is 6.04 Å². The summed E-state index contributed by atoms with van der Waals surface area (Å²) in [4.78, 5) is 139. The van der Waals surface area contributed by atoms with Crippen LogP contribution in [0.4, 0.5) is 0 Å². The number of carbonyl (C=O) groups excluding carboxylic acids is 9. The summed E-state index contributed by atoms with van der Waals surface area (Å²) in [6.45, 7) is 28.7. The lowest BCUT2D eigenvalue weighted by Crippen LogP contribution is -2.66. The van der Waals surface area contributed by atoms with E-state index in [0.717, 1.165) is 27.1 Å². The van der Waals surface area contributed by atoms with Crippen molar-refractivity contribution in [3.05, 3.63) is 198 Å². The van der Waals surface area contributed by atoms with E-state index in [-0.39, 0.29) is 74.7 Å². The molecule has 1 saturated heterocycles. The van der Waals surface area contributed by atoms with Crippen LogP contribution in [-0.4, -0.2) is 122 Å². The maximum Gasteiger partial charge on any atom is 0.261 e. The number of likely N-dealkylation sites (N-methyl/N-ethyl adjacent to an activating group) is 1. The number of ketones is 2. The second-order valence-corrected chi connectivity index (χ2v) is 36.1. The molecule has 19 heteroatoms. The Kier molecular flexibility index (Phi) is 30.5. The molecule has 7 rings (SSSR count). The molecule has 10 atom stereocenters. The van der Waals surface area contributed by atoms with E-state index in [1.165, 1.54) is 11.9 Å². The van der Waals surface area contributed by atoms with Gasteiger partial charge in [-0.1, -0.05) is 260 Å². The molecular weight excluding hydrogens is 1350 g/mol. The number of hydrogen-bond acceptors (Lipinski definition) is 11. The first-order valence-electron chi connectivity index (χ1n) is 38.1. The van der Waals surface area contributed by atoms with E-state index in [1.807, 2.05) is 202 Å². The van der Waals surface area contributed by atoms with Crippen LogP contribution in [0.25, 0.3) is 0 Å². The average molecular weight is 1470 g/mol. The van der Waals surface area contributed by atoms with Crippen molar-refractivity contribution in [3.63, 3.8) is 0 Å². The van der Waals surface area contributed by atoms with Gasteiger partial charge in [-0.3, -0.25) is 43.2 Å². The Bertz CT molecular complexity index is 3730. The molecule has 1 aliphatic rings. The lowest BCUT2D eigenvalue weighted by atomic mass is 9.76. The molecule has 0 spiro atoms. The third-order valence-corrected chi connectivity index (χ3v) is 25.7. The van der Waals surface area contributed by atoms with Crippen LogP contribution in [0.2, 0.25) is 5.04 Å². The highest BCUT2D eigenvalue weighted by Gasteiger charge is 2.50. The first-order chi connectivity index (χ1) is 50.2. The summed E-state index contributed by atoms with van der Waals surface area (Å²) in [5.41, 5.74) is 1.30. The molecule has 1 fully saturated rings. The van der Waals surface area contributed by atoms with E-state index in [9.17, 15) is 9.59 Å². The predicted molar refractivity (Wildman–Crippen MR) is 421 cm³/mol. The van der Waals surface area contributed by atoms with Crippen LogP contribution in [0, 0.1) is 35.5 Å². The van der Waals surface area contributed by atoms with Gasteiger partial charge in [0.1, 0.15) is 52.9 Å². The van der Waals surface area contributed by atoms with Crippen LogP contribution in [0.15, 0.2) is 176 Å². The lowest BCUT2D eigenvalue weighted by Gasteiger charge is -2.43. The van der Waals surface area contributed by atoms with Crippen LogP contribution in [0.5, 0.6) is 5.75 Å². The average Bonchev–Trinajstić information content (AvgIpc) is 0.751. The molecule has 570 valence electrons. The minimum absolute atomic E-state index is 0.0183. The Morgan fingerprint density at radius 3 is 1.54 bits per heavy atom. The fourth-order valence-corrected chi connectivity index (χ4v) is 18.9. The molecule has 0 aromatic heterocycles. The van der Waals surface area contributed by atoms with Crippen molar-refractivity contribution < 1.29 is 52.3 Å². The van der Waals surface area contributed by atoms with Crippen LogP contribution >= 0.6 is 0 Å². The van der Waals surface area contributed by atoms with Gasteiger partial charge in [0, 0.05) is 51.2 Å². The molecule has 6 aromatic rings. The standard InChI is InChI=1S/C87H117N7O11Si/c1-17-59(7)76-74(96)54-61(9)77(91-79(98)63(56-73(95)58(5)6)48-51-75(97)93-87(64-35-24-19-25-36-64,65-37-26-20-27-38-65)66-39-28-21-29-40-66)83(102)89-71(53-57(3)4)81(100)88-70(45-34-52-104-106(86(13,14)15,68-41-30-22-31-42-68)69-43-32-23-33-44-69)80(99)92-78(60(8)18-2)84(103)94(16)72(82(101)90-76)55-62-46-49-67(50-47-62)105-85(10,11)12/h19-33,35-44,46-47,49-50,57-61,63,70-72,76-78H,17-18,34,45,48,51-56H2,1-16H3,(H,88,100)(H,89,102)(H,90,101)(H,91,98)(H,92,99)(H,93,97)/t59-,60-,61-,63+,70-,71-,72-,76-,77-,78-/m0/s1. The second kappa shape index (κ2) is 38.5. The molecule has 0 unspecified atom stereocenters. The number of amides is 7. The molecular formula is C87H117N7O11Si. The van der Waals surface area contributed by atoms with Crippen molar-refractivity contribution in [2.75, 3.05) is 13.7 Å². The first-order valence-corrected chi connectivity index (χ1v) is 40.0. The van der Waals surface area contributed by atoms with Crippen LogP contribution in [0.3, 0.4) is 0 Å². The third kappa shape index (κ3) is 22.0. The second-order valence-electron chi connectivity index (χ2n) is 31.8. The summed E-state index contributed by atoms with van der Waals surface area (Å²) in [6, 6.07) is 48.4. The van der Waals surface area contributed by atoms with E-state index >= 15 is 33.6 Å². The van der Waals surface area contributed by atoms with Crippen molar-refractivity contribution in [2.24, 2.45) is 35.5 Å². The molecule has 7 amide bonds. The number of Topliss-reactive ketones (excluding diaryl/α,β-unsaturated/α-hetero) is 2. The largest absolute Gasteiger partial charge is 0.488 e. The number of carbonyl (C=O) groups is 9. The predicted octanol–water partition coefficient (Wildman–Crippen LogP) is 11.9. The number of nitrogens with zero attached hydrogens (tertiary/aromatic N) is 1. The fraction of sp³-hybridized carbons (Fsp3) is 0.483. The van der Waals surface area contributed by atoms with Gasteiger partial charge in [0.2, 0.25) is 41.4 Å². The smallest absolute Gasteiger partial charge is 0.261 e. The van der Waals surface area contributed by atoms with Gasteiger partial charge in [-0.15, -0.1) is 0 Å². The molecule has 6 aromatic carbocycles.